The molecule has 5 nitrogen and oxygen atoms in total. The fourth-order valence-electron chi connectivity index (χ4n) is 2.29. The highest BCUT2D eigenvalue weighted by Crippen LogP contribution is 2.33. The molecule has 102 valence electrons. The lowest BCUT2D eigenvalue weighted by molar-refractivity contribution is -0.142. The summed E-state index contributed by atoms with van der Waals surface area (Å²) in [4.78, 5) is 14.1. The zero-order valence-electron chi connectivity index (χ0n) is 10.6. The molecule has 5 heteroatoms. The van der Waals surface area contributed by atoms with E-state index in [2.05, 4.69) is 0 Å². The Morgan fingerprint density at radius 3 is 2.74 bits per heavy atom. The van der Waals surface area contributed by atoms with Gasteiger partial charge < -0.3 is 19.5 Å². The summed E-state index contributed by atoms with van der Waals surface area (Å²) in [7, 11) is 0. The van der Waals surface area contributed by atoms with Crippen molar-refractivity contribution in [3.05, 3.63) is 24.3 Å². The van der Waals surface area contributed by atoms with Crippen LogP contribution in [0.1, 0.15) is 12.8 Å². The van der Waals surface area contributed by atoms with E-state index in [0.29, 0.717) is 18.0 Å². The molecule has 19 heavy (non-hydrogen) atoms. The summed E-state index contributed by atoms with van der Waals surface area (Å²) >= 11 is 0. The van der Waals surface area contributed by atoms with Crippen LogP contribution in [-0.4, -0.2) is 47.8 Å². The molecule has 0 saturated heterocycles. The van der Waals surface area contributed by atoms with Crippen LogP contribution >= 0.6 is 0 Å². The summed E-state index contributed by atoms with van der Waals surface area (Å²) in [6, 6.07) is 7.60. The van der Waals surface area contributed by atoms with Crippen molar-refractivity contribution in [2.75, 3.05) is 19.8 Å². The summed E-state index contributed by atoms with van der Waals surface area (Å²) in [5, 5.41) is 9.05. The molecule has 1 aliphatic heterocycles. The third-order valence-corrected chi connectivity index (χ3v) is 3.40. The van der Waals surface area contributed by atoms with Gasteiger partial charge in [-0.05, 0) is 25.0 Å². The van der Waals surface area contributed by atoms with Gasteiger partial charge in [-0.2, -0.15) is 0 Å². The number of para-hydroxylation sites is 2. The Balaban J connectivity index is 1.71. The zero-order chi connectivity index (χ0) is 13.2. The van der Waals surface area contributed by atoms with Crippen LogP contribution in [0.4, 0.5) is 0 Å². The Bertz CT molecular complexity index is 472. The van der Waals surface area contributed by atoms with E-state index in [1.54, 1.807) is 11.0 Å². The number of rotatable bonds is 4. The summed E-state index contributed by atoms with van der Waals surface area (Å²) in [6.07, 6.45) is 1.41. The monoisotopic (exact) mass is 263 g/mol. The van der Waals surface area contributed by atoms with Crippen molar-refractivity contribution in [2.45, 2.75) is 25.0 Å². The number of hydrogen-bond donors (Lipinski definition) is 1. The first-order valence-corrected chi connectivity index (χ1v) is 6.59. The SMILES string of the molecule is O=C(C1COc2ccccc2O1)N(CCO)C1CC1. The Kier molecular flexibility index (Phi) is 3.29. The predicted molar refractivity (Wildman–Crippen MR) is 68.2 cm³/mol. The average molecular weight is 263 g/mol. The minimum atomic E-state index is -0.609. The van der Waals surface area contributed by atoms with Crippen LogP contribution in [0.15, 0.2) is 24.3 Å². The van der Waals surface area contributed by atoms with Crippen molar-refractivity contribution >= 4 is 5.91 Å². The third kappa shape index (κ3) is 2.51. The standard InChI is InChI=1S/C14H17NO4/c16-8-7-15(10-5-6-10)14(17)13-9-18-11-3-1-2-4-12(11)19-13/h1-4,10,13,16H,5-9H2. The molecule has 1 saturated carbocycles. The largest absolute Gasteiger partial charge is 0.485 e. The number of carbonyl (C=O) groups is 1. The molecule has 0 spiro atoms. The number of benzene rings is 1. The van der Waals surface area contributed by atoms with Gasteiger partial charge in [0.05, 0.1) is 6.61 Å². The highest BCUT2D eigenvalue weighted by atomic mass is 16.6. The van der Waals surface area contributed by atoms with Crippen LogP contribution in [-0.2, 0) is 4.79 Å². The first-order valence-electron chi connectivity index (χ1n) is 6.59. The quantitative estimate of drug-likeness (QED) is 0.873. The summed E-state index contributed by atoms with van der Waals surface area (Å²) in [5.74, 6) is 1.18. The van der Waals surface area contributed by atoms with Gasteiger partial charge in [0, 0.05) is 12.6 Å². The molecule has 1 heterocycles. The zero-order valence-corrected chi connectivity index (χ0v) is 10.6. The van der Waals surface area contributed by atoms with Crippen LogP contribution < -0.4 is 9.47 Å². The minimum absolute atomic E-state index is 0.0214. The maximum atomic E-state index is 12.4. The molecule has 2 aliphatic rings. The maximum Gasteiger partial charge on any atom is 0.267 e. The van der Waals surface area contributed by atoms with Gasteiger partial charge in [-0.25, -0.2) is 0 Å². The van der Waals surface area contributed by atoms with Gasteiger partial charge in [0.25, 0.3) is 5.91 Å². The molecule has 3 rings (SSSR count). The lowest BCUT2D eigenvalue weighted by atomic mass is 10.2. The van der Waals surface area contributed by atoms with Gasteiger partial charge >= 0.3 is 0 Å². The number of hydrogen-bond acceptors (Lipinski definition) is 4. The highest BCUT2D eigenvalue weighted by Gasteiger charge is 2.38. The number of ether oxygens (including phenoxy) is 2. The number of fused-ring (bicyclic) bond motifs is 1. The number of carbonyl (C=O) groups excluding carboxylic acids is 1. The van der Waals surface area contributed by atoms with E-state index >= 15 is 0 Å². The second kappa shape index (κ2) is 5.09. The number of nitrogens with zero attached hydrogens (tertiary/aromatic N) is 1. The van der Waals surface area contributed by atoms with Gasteiger partial charge in [0.1, 0.15) is 6.61 Å². The van der Waals surface area contributed by atoms with Crippen LogP contribution in [0.3, 0.4) is 0 Å². The second-order valence-electron chi connectivity index (χ2n) is 4.85. The third-order valence-electron chi connectivity index (χ3n) is 3.40. The van der Waals surface area contributed by atoms with E-state index in [1.165, 1.54) is 0 Å². The number of aliphatic hydroxyl groups is 1. The summed E-state index contributed by atoms with van der Waals surface area (Å²) < 4.78 is 11.3. The Hall–Kier alpha value is -1.75. The summed E-state index contributed by atoms with van der Waals surface area (Å²) in [6.45, 7) is 0.571. The molecule has 1 amide bonds. The van der Waals surface area contributed by atoms with Gasteiger partial charge in [0.2, 0.25) is 6.10 Å². The van der Waals surface area contributed by atoms with Crippen molar-refractivity contribution in [3.8, 4) is 11.5 Å². The first kappa shape index (κ1) is 12.3. The Labute approximate surface area is 111 Å². The molecule has 1 atom stereocenters. The second-order valence-corrected chi connectivity index (χ2v) is 4.85. The molecule has 1 unspecified atom stereocenters. The molecular formula is C14H17NO4. The molecule has 0 aromatic heterocycles. The lowest BCUT2D eigenvalue weighted by Crippen LogP contribution is -2.48. The highest BCUT2D eigenvalue weighted by molar-refractivity contribution is 5.82. The van der Waals surface area contributed by atoms with E-state index in [9.17, 15) is 4.79 Å². The molecule has 1 fully saturated rings. The van der Waals surface area contributed by atoms with Crippen molar-refractivity contribution in [1.82, 2.24) is 4.90 Å². The molecule has 1 aromatic rings. The average Bonchev–Trinajstić information content (AvgIpc) is 3.28. The van der Waals surface area contributed by atoms with E-state index in [0.717, 1.165) is 12.8 Å². The van der Waals surface area contributed by atoms with Crippen LogP contribution in [0.25, 0.3) is 0 Å². The molecule has 1 aromatic carbocycles. The molecule has 1 N–H and O–H groups in total. The minimum Gasteiger partial charge on any atom is -0.485 e. The molecule has 0 bridgehead atoms. The van der Waals surface area contributed by atoms with Crippen LogP contribution in [0, 0.1) is 0 Å². The van der Waals surface area contributed by atoms with Gasteiger partial charge in [-0.3, -0.25) is 4.79 Å². The molecule has 0 radical (unpaired) electrons. The van der Waals surface area contributed by atoms with E-state index < -0.39 is 6.10 Å². The van der Waals surface area contributed by atoms with Crippen molar-refractivity contribution in [1.29, 1.82) is 0 Å². The Morgan fingerprint density at radius 1 is 1.32 bits per heavy atom. The lowest BCUT2D eigenvalue weighted by Gasteiger charge is -2.30. The van der Waals surface area contributed by atoms with Gasteiger partial charge in [-0.15, -0.1) is 0 Å². The Morgan fingerprint density at radius 2 is 2.05 bits per heavy atom. The first-order chi connectivity index (χ1) is 9.29. The van der Waals surface area contributed by atoms with Gasteiger partial charge in [-0.1, -0.05) is 12.1 Å². The maximum absolute atomic E-state index is 12.4. The van der Waals surface area contributed by atoms with Crippen molar-refractivity contribution in [2.24, 2.45) is 0 Å². The predicted octanol–water partition coefficient (Wildman–Crippen LogP) is 0.810. The topological polar surface area (TPSA) is 59.0 Å². The summed E-state index contributed by atoms with van der Waals surface area (Å²) in [5.41, 5.74) is 0. The fourth-order valence-corrected chi connectivity index (χ4v) is 2.29. The van der Waals surface area contributed by atoms with Crippen LogP contribution in [0.2, 0.25) is 0 Å². The van der Waals surface area contributed by atoms with Gasteiger partial charge in [0.15, 0.2) is 11.5 Å². The van der Waals surface area contributed by atoms with Crippen molar-refractivity contribution < 1.29 is 19.4 Å². The van der Waals surface area contributed by atoms with Crippen molar-refractivity contribution in [3.63, 3.8) is 0 Å². The molecule has 1 aliphatic carbocycles. The van der Waals surface area contributed by atoms with E-state index in [4.69, 9.17) is 14.6 Å². The number of aliphatic hydroxyl groups excluding tert-OH is 1. The normalized spacial score (nSPS) is 21.0. The van der Waals surface area contributed by atoms with E-state index in [-0.39, 0.29) is 25.2 Å². The van der Waals surface area contributed by atoms with Crippen LogP contribution in [0.5, 0.6) is 11.5 Å². The smallest absolute Gasteiger partial charge is 0.267 e. The molecular weight excluding hydrogens is 246 g/mol. The fraction of sp³-hybridized carbons (Fsp3) is 0.500. The van der Waals surface area contributed by atoms with E-state index in [1.807, 2.05) is 18.2 Å². The number of amides is 1.